The minimum absolute atomic E-state index is 0.00252. The number of ketones is 1. The number of non-ortho nitro benzene ring substituents is 1. The van der Waals surface area contributed by atoms with E-state index in [1.165, 1.54) is 26.2 Å². The molecule has 0 fully saturated rings. The molecule has 0 radical (unpaired) electrons. The maximum absolute atomic E-state index is 11.8. The average molecular weight is 359 g/mol. The summed E-state index contributed by atoms with van der Waals surface area (Å²) in [5.74, 6) is 1.22. The van der Waals surface area contributed by atoms with Gasteiger partial charge in [0.15, 0.2) is 12.6 Å². The first-order valence-electron chi connectivity index (χ1n) is 7.82. The highest BCUT2D eigenvalue weighted by molar-refractivity contribution is 5.97. The summed E-state index contributed by atoms with van der Waals surface area (Å²) >= 11 is 0. The van der Waals surface area contributed by atoms with E-state index in [2.05, 4.69) is 0 Å². The fraction of sp³-hybridized carbons (Fsp3) is 0.278. The highest BCUT2D eigenvalue weighted by Gasteiger charge is 2.22. The molecule has 1 aliphatic rings. The predicted octanol–water partition coefficient (Wildman–Crippen LogP) is 3.25. The van der Waals surface area contributed by atoms with E-state index in [1.54, 1.807) is 18.2 Å². The van der Waals surface area contributed by atoms with Crippen molar-refractivity contribution in [1.29, 1.82) is 0 Å². The number of benzene rings is 2. The zero-order chi connectivity index (χ0) is 18.7. The number of carbonyl (C=O) groups is 1. The third-order valence-electron chi connectivity index (χ3n) is 3.93. The maximum Gasteiger partial charge on any atom is 0.270 e. The van der Waals surface area contributed by atoms with Crippen LogP contribution in [0.5, 0.6) is 17.2 Å². The molecular weight excluding hydrogens is 342 g/mol. The van der Waals surface area contributed by atoms with E-state index in [0.29, 0.717) is 33.9 Å². The Hall–Kier alpha value is -3.13. The van der Waals surface area contributed by atoms with Crippen LogP contribution in [0.2, 0.25) is 0 Å². The van der Waals surface area contributed by atoms with Gasteiger partial charge in [0.2, 0.25) is 0 Å². The minimum Gasteiger partial charge on any atom is -0.497 e. The molecule has 0 amide bonds. The van der Waals surface area contributed by atoms with Gasteiger partial charge in [-0.1, -0.05) is 0 Å². The third kappa shape index (κ3) is 3.60. The Kier molecular flexibility index (Phi) is 5.04. The van der Waals surface area contributed by atoms with E-state index >= 15 is 0 Å². The average Bonchev–Trinajstić information content (AvgIpc) is 2.65. The Labute approximate surface area is 149 Å². The van der Waals surface area contributed by atoms with Gasteiger partial charge in [0.05, 0.1) is 24.2 Å². The molecule has 8 nitrogen and oxygen atoms in total. The molecule has 26 heavy (non-hydrogen) atoms. The van der Waals surface area contributed by atoms with E-state index in [1.807, 2.05) is 0 Å². The summed E-state index contributed by atoms with van der Waals surface area (Å²) in [5, 5.41) is 11.2. The molecule has 3 rings (SSSR count). The van der Waals surface area contributed by atoms with E-state index in [4.69, 9.17) is 18.9 Å². The molecule has 8 heteroatoms. The van der Waals surface area contributed by atoms with Crippen molar-refractivity contribution in [2.24, 2.45) is 0 Å². The van der Waals surface area contributed by atoms with Crippen LogP contribution in [-0.2, 0) is 18.0 Å². The van der Waals surface area contributed by atoms with E-state index < -0.39 is 4.92 Å². The molecule has 0 aliphatic carbocycles. The number of ether oxygens (including phenoxy) is 4. The van der Waals surface area contributed by atoms with Gasteiger partial charge in [0.1, 0.15) is 23.9 Å². The molecule has 0 saturated carbocycles. The van der Waals surface area contributed by atoms with Crippen molar-refractivity contribution in [3.63, 3.8) is 0 Å². The summed E-state index contributed by atoms with van der Waals surface area (Å²) in [5.41, 5.74) is 1.42. The van der Waals surface area contributed by atoms with Crippen molar-refractivity contribution in [3.05, 3.63) is 57.1 Å². The Balaban J connectivity index is 1.93. The lowest BCUT2D eigenvalue weighted by Crippen LogP contribution is -2.14. The van der Waals surface area contributed by atoms with E-state index in [0.717, 1.165) is 0 Å². The molecule has 0 spiro atoms. The Bertz CT molecular complexity index is 863. The van der Waals surface area contributed by atoms with Gasteiger partial charge in [0.25, 0.3) is 5.69 Å². The van der Waals surface area contributed by atoms with E-state index in [9.17, 15) is 14.9 Å². The first-order valence-corrected chi connectivity index (χ1v) is 7.82. The number of nitro benzene ring substituents is 1. The lowest BCUT2D eigenvalue weighted by molar-refractivity contribution is -0.385. The van der Waals surface area contributed by atoms with Crippen LogP contribution >= 0.6 is 0 Å². The molecule has 1 heterocycles. The molecule has 0 saturated heterocycles. The Morgan fingerprint density at radius 3 is 2.81 bits per heavy atom. The molecule has 2 aromatic rings. The molecule has 136 valence electrons. The van der Waals surface area contributed by atoms with Gasteiger partial charge >= 0.3 is 0 Å². The summed E-state index contributed by atoms with van der Waals surface area (Å²) in [4.78, 5) is 22.5. The fourth-order valence-corrected chi connectivity index (χ4v) is 2.69. The SMILES string of the molecule is COc1ccc(C(C)=O)c(OCc2cc([N+](=O)[O-])cc3c2OCOC3)c1. The lowest BCUT2D eigenvalue weighted by atomic mass is 10.1. The summed E-state index contributed by atoms with van der Waals surface area (Å²) in [7, 11) is 1.51. The van der Waals surface area contributed by atoms with Gasteiger partial charge in [-0.3, -0.25) is 14.9 Å². The standard InChI is InChI=1S/C18H17NO7/c1-11(20)16-4-3-15(23-2)7-17(16)25-9-13-6-14(19(21)22)5-12-8-24-10-26-18(12)13/h3-7H,8-10H2,1-2H3. The Morgan fingerprint density at radius 1 is 1.31 bits per heavy atom. The monoisotopic (exact) mass is 359 g/mol. The van der Waals surface area contributed by atoms with E-state index in [-0.39, 0.29) is 31.5 Å². The van der Waals surface area contributed by atoms with Gasteiger partial charge in [-0.15, -0.1) is 0 Å². The van der Waals surface area contributed by atoms with Crippen molar-refractivity contribution in [1.82, 2.24) is 0 Å². The molecule has 0 unspecified atom stereocenters. The summed E-state index contributed by atoms with van der Waals surface area (Å²) in [6, 6.07) is 7.70. The van der Waals surface area contributed by atoms with Crippen LogP contribution in [0.4, 0.5) is 5.69 Å². The van der Waals surface area contributed by atoms with Crippen molar-refractivity contribution in [3.8, 4) is 17.2 Å². The molecule has 1 aliphatic heterocycles. The number of hydrogen-bond donors (Lipinski definition) is 0. The van der Waals surface area contributed by atoms with Gasteiger partial charge in [-0.25, -0.2) is 0 Å². The molecule has 0 N–H and O–H groups in total. The second-order valence-electron chi connectivity index (χ2n) is 5.67. The smallest absolute Gasteiger partial charge is 0.270 e. The van der Waals surface area contributed by atoms with Crippen LogP contribution in [0, 0.1) is 10.1 Å². The number of nitro groups is 1. The number of hydrogen-bond acceptors (Lipinski definition) is 7. The molecule has 0 aromatic heterocycles. The van der Waals surface area contributed by atoms with Crippen molar-refractivity contribution < 1.29 is 28.7 Å². The number of methoxy groups -OCH3 is 1. The molecule has 0 bridgehead atoms. The van der Waals surface area contributed by atoms with Crippen molar-refractivity contribution in [2.75, 3.05) is 13.9 Å². The number of fused-ring (bicyclic) bond motifs is 1. The summed E-state index contributed by atoms with van der Waals surface area (Å²) < 4.78 is 21.6. The van der Waals surface area contributed by atoms with Crippen LogP contribution in [0.15, 0.2) is 30.3 Å². The molecular formula is C18H17NO7. The van der Waals surface area contributed by atoms with Gasteiger partial charge < -0.3 is 18.9 Å². The lowest BCUT2D eigenvalue weighted by Gasteiger charge is -2.21. The third-order valence-corrected chi connectivity index (χ3v) is 3.93. The number of nitrogens with zero attached hydrogens (tertiary/aromatic N) is 1. The second-order valence-corrected chi connectivity index (χ2v) is 5.67. The fourth-order valence-electron chi connectivity index (χ4n) is 2.69. The van der Waals surface area contributed by atoms with Crippen LogP contribution in [0.1, 0.15) is 28.4 Å². The predicted molar refractivity (Wildman–Crippen MR) is 90.7 cm³/mol. The minimum atomic E-state index is -0.481. The van der Waals surface area contributed by atoms with Crippen LogP contribution in [0.3, 0.4) is 0 Å². The first-order chi connectivity index (χ1) is 12.5. The highest BCUT2D eigenvalue weighted by Crippen LogP contribution is 2.34. The first kappa shape index (κ1) is 17.7. The zero-order valence-electron chi connectivity index (χ0n) is 14.3. The quantitative estimate of drug-likeness (QED) is 0.443. The second kappa shape index (κ2) is 7.40. The molecule has 0 atom stereocenters. The maximum atomic E-state index is 11.8. The van der Waals surface area contributed by atoms with Crippen LogP contribution < -0.4 is 14.2 Å². The summed E-state index contributed by atoms with van der Waals surface area (Å²) in [6.45, 7) is 1.72. The van der Waals surface area contributed by atoms with Gasteiger partial charge in [0, 0.05) is 29.3 Å². The van der Waals surface area contributed by atoms with Crippen LogP contribution in [0.25, 0.3) is 0 Å². The van der Waals surface area contributed by atoms with Gasteiger partial charge in [-0.2, -0.15) is 0 Å². The Morgan fingerprint density at radius 2 is 2.12 bits per heavy atom. The van der Waals surface area contributed by atoms with Crippen LogP contribution in [-0.4, -0.2) is 24.6 Å². The number of Topliss-reactive ketones (excluding diaryl/α,β-unsaturated/α-hetero) is 1. The van der Waals surface area contributed by atoms with Crippen molar-refractivity contribution >= 4 is 11.5 Å². The number of carbonyl (C=O) groups excluding carboxylic acids is 1. The largest absolute Gasteiger partial charge is 0.497 e. The molecule has 2 aromatic carbocycles. The van der Waals surface area contributed by atoms with Gasteiger partial charge in [-0.05, 0) is 19.1 Å². The van der Waals surface area contributed by atoms with Crippen molar-refractivity contribution in [2.45, 2.75) is 20.1 Å². The highest BCUT2D eigenvalue weighted by atomic mass is 16.7. The normalized spacial score (nSPS) is 12.7. The number of rotatable bonds is 6. The summed E-state index contributed by atoms with van der Waals surface area (Å²) in [6.07, 6.45) is 0. The zero-order valence-corrected chi connectivity index (χ0v) is 14.3. The topological polar surface area (TPSA) is 97.1 Å².